The topological polar surface area (TPSA) is 64.2 Å². The number of anilines is 1. The number of rotatable bonds is 3. The maximum atomic E-state index is 12.3. The van der Waals surface area contributed by atoms with Gasteiger partial charge in [-0.3, -0.25) is 9.48 Å². The number of alkyl halides is 1. The summed E-state index contributed by atoms with van der Waals surface area (Å²) in [6.07, 6.45) is 3.71. The highest BCUT2D eigenvalue weighted by Gasteiger charge is 2.24. The molecule has 6 heteroatoms. The van der Waals surface area contributed by atoms with Gasteiger partial charge in [-0.1, -0.05) is 6.92 Å². The summed E-state index contributed by atoms with van der Waals surface area (Å²) in [6, 6.07) is 0. The van der Waals surface area contributed by atoms with Crippen molar-refractivity contribution in [2.45, 2.75) is 26.3 Å². The molecule has 1 aromatic heterocycles. The molecule has 0 saturated carbocycles. The van der Waals surface area contributed by atoms with Crippen molar-refractivity contribution in [2.24, 2.45) is 5.92 Å². The van der Waals surface area contributed by atoms with E-state index >= 15 is 0 Å². The van der Waals surface area contributed by atoms with E-state index in [9.17, 15) is 9.18 Å². The molecule has 18 heavy (non-hydrogen) atoms. The SMILES string of the molecule is CC1CCCN(C(=O)c2cn(CCF)nc2N)C1. The summed E-state index contributed by atoms with van der Waals surface area (Å²) in [5.74, 6) is 0.612. The number of nitrogens with two attached hydrogens (primary N) is 1. The first-order valence-corrected chi connectivity index (χ1v) is 6.30. The van der Waals surface area contributed by atoms with Gasteiger partial charge in [-0.25, -0.2) is 4.39 Å². The summed E-state index contributed by atoms with van der Waals surface area (Å²) in [6.45, 7) is 3.27. The largest absolute Gasteiger partial charge is 0.382 e. The smallest absolute Gasteiger partial charge is 0.259 e. The molecule has 0 aromatic carbocycles. The van der Waals surface area contributed by atoms with Crippen molar-refractivity contribution in [2.75, 3.05) is 25.5 Å². The van der Waals surface area contributed by atoms with Gasteiger partial charge < -0.3 is 10.6 Å². The Morgan fingerprint density at radius 2 is 2.44 bits per heavy atom. The number of piperidine rings is 1. The van der Waals surface area contributed by atoms with Gasteiger partial charge in [-0.15, -0.1) is 0 Å². The molecule has 1 aliphatic heterocycles. The monoisotopic (exact) mass is 254 g/mol. The van der Waals surface area contributed by atoms with Crippen molar-refractivity contribution in [1.29, 1.82) is 0 Å². The van der Waals surface area contributed by atoms with E-state index in [1.807, 2.05) is 0 Å². The van der Waals surface area contributed by atoms with Crippen molar-refractivity contribution < 1.29 is 9.18 Å². The predicted molar refractivity (Wildman–Crippen MR) is 66.9 cm³/mol. The zero-order valence-corrected chi connectivity index (χ0v) is 10.6. The van der Waals surface area contributed by atoms with Gasteiger partial charge in [0.2, 0.25) is 0 Å². The van der Waals surface area contributed by atoms with Crippen LogP contribution in [0, 0.1) is 5.92 Å². The molecule has 1 atom stereocenters. The van der Waals surface area contributed by atoms with E-state index < -0.39 is 6.67 Å². The van der Waals surface area contributed by atoms with Crippen LogP contribution in [0.1, 0.15) is 30.1 Å². The van der Waals surface area contributed by atoms with Gasteiger partial charge in [0.1, 0.15) is 12.2 Å². The summed E-state index contributed by atoms with van der Waals surface area (Å²) >= 11 is 0. The lowest BCUT2D eigenvalue weighted by Crippen LogP contribution is -2.39. The van der Waals surface area contributed by atoms with Crippen LogP contribution in [0.4, 0.5) is 10.2 Å². The van der Waals surface area contributed by atoms with Crippen LogP contribution in [0.25, 0.3) is 0 Å². The van der Waals surface area contributed by atoms with Gasteiger partial charge >= 0.3 is 0 Å². The number of carbonyl (C=O) groups excluding carboxylic acids is 1. The van der Waals surface area contributed by atoms with Crippen LogP contribution in [0.15, 0.2) is 6.20 Å². The minimum atomic E-state index is -0.518. The minimum Gasteiger partial charge on any atom is -0.382 e. The molecule has 1 unspecified atom stereocenters. The lowest BCUT2D eigenvalue weighted by atomic mass is 10.00. The third kappa shape index (κ3) is 2.63. The van der Waals surface area contributed by atoms with Gasteiger partial charge in [0.25, 0.3) is 5.91 Å². The first-order chi connectivity index (χ1) is 8.61. The van der Waals surface area contributed by atoms with Crippen LogP contribution in [0.5, 0.6) is 0 Å². The lowest BCUT2D eigenvalue weighted by Gasteiger charge is -2.30. The van der Waals surface area contributed by atoms with Crippen LogP contribution in [0.2, 0.25) is 0 Å². The Kier molecular flexibility index (Phi) is 3.84. The fourth-order valence-electron chi connectivity index (χ4n) is 2.35. The number of hydrogen-bond acceptors (Lipinski definition) is 3. The second-order valence-corrected chi connectivity index (χ2v) is 4.88. The van der Waals surface area contributed by atoms with Gasteiger partial charge in [-0.2, -0.15) is 5.10 Å². The number of halogens is 1. The second-order valence-electron chi connectivity index (χ2n) is 4.88. The Labute approximate surface area is 106 Å². The highest BCUT2D eigenvalue weighted by atomic mass is 19.1. The average Bonchev–Trinajstić information content (AvgIpc) is 2.70. The van der Waals surface area contributed by atoms with Crippen molar-refractivity contribution >= 4 is 11.7 Å². The number of likely N-dealkylation sites (tertiary alicyclic amines) is 1. The molecule has 2 rings (SSSR count). The predicted octanol–water partition coefficient (Wildman–Crippen LogP) is 1.31. The number of nitrogens with zero attached hydrogens (tertiary/aromatic N) is 3. The maximum absolute atomic E-state index is 12.3. The Bertz CT molecular complexity index is 432. The zero-order chi connectivity index (χ0) is 13.1. The number of nitrogen functional groups attached to an aromatic ring is 1. The van der Waals surface area contributed by atoms with Crippen LogP contribution in [-0.2, 0) is 6.54 Å². The number of hydrogen-bond donors (Lipinski definition) is 1. The Balaban J connectivity index is 2.12. The molecule has 0 spiro atoms. The van der Waals surface area contributed by atoms with E-state index in [1.54, 1.807) is 4.90 Å². The van der Waals surface area contributed by atoms with Gasteiger partial charge in [-0.05, 0) is 18.8 Å². The van der Waals surface area contributed by atoms with Crippen LogP contribution in [-0.4, -0.2) is 40.4 Å². The van der Waals surface area contributed by atoms with E-state index in [0.29, 0.717) is 11.5 Å². The summed E-state index contributed by atoms with van der Waals surface area (Å²) in [7, 11) is 0. The van der Waals surface area contributed by atoms with E-state index in [2.05, 4.69) is 12.0 Å². The molecule has 0 aliphatic carbocycles. The normalized spacial score (nSPS) is 20.1. The summed E-state index contributed by atoms with van der Waals surface area (Å²) in [4.78, 5) is 14.1. The summed E-state index contributed by atoms with van der Waals surface area (Å²) in [5, 5.41) is 3.94. The first kappa shape index (κ1) is 12.9. The molecule has 1 aromatic rings. The van der Waals surface area contributed by atoms with E-state index in [-0.39, 0.29) is 18.3 Å². The Morgan fingerprint density at radius 1 is 1.67 bits per heavy atom. The number of aryl methyl sites for hydroxylation is 1. The second kappa shape index (κ2) is 5.37. The van der Waals surface area contributed by atoms with Gasteiger partial charge in [0.05, 0.1) is 6.54 Å². The highest BCUT2D eigenvalue weighted by molar-refractivity contribution is 5.98. The molecule has 100 valence electrons. The molecule has 1 aliphatic rings. The molecule has 1 saturated heterocycles. The molecule has 2 N–H and O–H groups in total. The lowest BCUT2D eigenvalue weighted by molar-refractivity contribution is 0.0684. The third-order valence-corrected chi connectivity index (χ3v) is 3.28. The Morgan fingerprint density at radius 3 is 3.11 bits per heavy atom. The van der Waals surface area contributed by atoms with Crippen LogP contribution in [0.3, 0.4) is 0 Å². The van der Waals surface area contributed by atoms with Crippen molar-refractivity contribution in [3.63, 3.8) is 0 Å². The zero-order valence-electron chi connectivity index (χ0n) is 10.6. The molecule has 0 bridgehead atoms. The van der Waals surface area contributed by atoms with E-state index in [0.717, 1.165) is 25.9 Å². The standard InChI is InChI=1S/C12H19FN4O/c1-9-3-2-5-16(7-9)12(18)10-8-17(6-4-13)15-11(10)14/h8-9H,2-7H2,1H3,(H2,14,15). The van der Waals surface area contributed by atoms with Gasteiger partial charge in [0.15, 0.2) is 5.82 Å². The van der Waals surface area contributed by atoms with E-state index in [1.165, 1.54) is 10.9 Å². The highest BCUT2D eigenvalue weighted by Crippen LogP contribution is 2.19. The summed E-state index contributed by atoms with van der Waals surface area (Å²) < 4.78 is 13.6. The van der Waals surface area contributed by atoms with Crippen LogP contribution < -0.4 is 5.73 Å². The molecule has 0 radical (unpaired) electrons. The molecule has 5 nitrogen and oxygen atoms in total. The molecule has 1 fully saturated rings. The Hall–Kier alpha value is -1.59. The van der Waals surface area contributed by atoms with Gasteiger partial charge in [0, 0.05) is 19.3 Å². The van der Waals surface area contributed by atoms with Crippen molar-refractivity contribution in [3.05, 3.63) is 11.8 Å². The fraction of sp³-hybridized carbons (Fsp3) is 0.667. The number of amides is 1. The number of carbonyl (C=O) groups is 1. The van der Waals surface area contributed by atoms with Crippen molar-refractivity contribution in [3.8, 4) is 0 Å². The maximum Gasteiger partial charge on any atom is 0.259 e. The minimum absolute atomic E-state index is 0.0934. The molecule has 1 amide bonds. The quantitative estimate of drug-likeness (QED) is 0.884. The molecular weight excluding hydrogens is 235 g/mol. The van der Waals surface area contributed by atoms with Crippen molar-refractivity contribution in [1.82, 2.24) is 14.7 Å². The summed E-state index contributed by atoms with van der Waals surface area (Å²) in [5.41, 5.74) is 6.10. The molecule has 2 heterocycles. The molecular formula is C12H19FN4O. The van der Waals surface area contributed by atoms with E-state index in [4.69, 9.17) is 5.73 Å². The third-order valence-electron chi connectivity index (χ3n) is 3.28. The number of aromatic nitrogens is 2. The average molecular weight is 254 g/mol. The first-order valence-electron chi connectivity index (χ1n) is 6.30. The fourth-order valence-corrected chi connectivity index (χ4v) is 2.35. The van der Waals surface area contributed by atoms with Crippen LogP contribution >= 0.6 is 0 Å².